The first kappa shape index (κ1) is 16.0. The Hall–Kier alpha value is -0.0800. The third-order valence-electron chi connectivity index (χ3n) is 5.17. The molecule has 1 aliphatic heterocycles. The molecule has 2 heteroatoms. The predicted molar refractivity (Wildman–Crippen MR) is 81.0 cm³/mol. The third kappa shape index (κ3) is 3.71. The minimum Gasteiger partial charge on any atom is -0.314 e. The van der Waals surface area contributed by atoms with Crippen molar-refractivity contribution in [2.75, 3.05) is 19.6 Å². The molecule has 1 N–H and O–H groups in total. The first-order chi connectivity index (χ1) is 8.61. The first-order valence-electron chi connectivity index (χ1n) is 8.10. The molecule has 1 fully saturated rings. The summed E-state index contributed by atoms with van der Waals surface area (Å²) in [5.74, 6) is 0.767. The second-order valence-electron chi connectivity index (χ2n) is 6.14. The Bertz CT molecular complexity index is 215. The van der Waals surface area contributed by atoms with Crippen LogP contribution in [0.15, 0.2) is 0 Å². The molecule has 0 saturated carbocycles. The fraction of sp³-hybridized carbons (Fsp3) is 1.00. The van der Waals surface area contributed by atoms with E-state index in [4.69, 9.17) is 0 Å². The summed E-state index contributed by atoms with van der Waals surface area (Å²) in [6, 6.07) is 0.721. The number of rotatable bonds is 5. The van der Waals surface area contributed by atoms with Crippen LogP contribution in [0.1, 0.15) is 66.7 Å². The van der Waals surface area contributed by atoms with Gasteiger partial charge < -0.3 is 5.32 Å². The van der Waals surface area contributed by atoms with Crippen LogP contribution < -0.4 is 5.32 Å². The molecule has 0 aromatic rings. The molecule has 0 aromatic carbocycles. The van der Waals surface area contributed by atoms with Crippen molar-refractivity contribution in [3.05, 3.63) is 0 Å². The molecule has 2 unspecified atom stereocenters. The highest BCUT2D eigenvalue weighted by molar-refractivity contribution is 4.90. The van der Waals surface area contributed by atoms with Gasteiger partial charge in [0.1, 0.15) is 0 Å². The lowest BCUT2D eigenvalue weighted by Crippen LogP contribution is -2.53. The van der Waals surface area contributed by atoms with Crippen molar-refractivity contribution >= 4 is 0 Å². The number of hydrogen-bond donors (Lipinski definition) is 1. The molecule has 1 saturated heterocycles. The van der Waals surface area contributed by atoms with E-state index in [1.165, 1.54) is 51.7 Å². The van der Waals surface area contributed by atoms with Gasteiger partial charge in [-0.2, -0.15) is 0 Å². The Balaban J connectivity index is 2.77. The predicted octanol–water partition coefficient (Wildman–Crippen LogP) is 3.67. The number of hydrogen-bond acceptors (Lipinski definition) is 2. The maximum absolute atomic E-state index is 3.72. The fourth-order valence-electron chi connectivity index (χ4n) is 3.51. The van der Waals surface area contributed by atoms with Gasteiger partial charge >= 0.3 is 0 Å². The van der Waals surface area contributed by atoms with Gasteiger partial charge in [0.15, 0.2) is 0 Å². The zero-order valence-electron chi connectivity index (χ0n) is 13.3. The van der Waals surface area contributed by atoms with E-state index >= 15 is 0 Å². The van der Waals surface area contributed by atoms with Gasteiger partial charge in [-0.05, 0) is 44.6 Å². The second kappa shape index (κ2) is 7.49. The normalized spacial score (nSPS) is 27.8. The topological polar surface area (TPSA) is 15.3 Å². The number of nitrogens with zero attached hydrogens (tertiary/aromatic N) is 1. The van der Waals surface area contributed by atoms with E-state index in [1.54, 1.807) is 0 Å². The van der Waals surface area contributed by atoms with Crippen molar-refractivity contribution in [3.63, 3.8) is 0 Å². The average molecular weight is 254 g/mol. The summed E-state index contributed by atoms with van der Waals surface area (Å²) in [7, 11) is 0. The van der Waals surface area contributed by atoms with Crippen LogP contribution in [0.5, 0.6) is 0 Å². The van der Waals surface area contributed by atoms with Crippen molar-refractivity contribution in [2.24, 2.45) is 5.92 Å². The molecule has 1 heterocycles. The van der Waals surface area contributed by atoms with E-state index in [0.717, 1.165) is 12.0 Å². The van der Waals surface area contributed by atoms with E-state index in [-0.39, 0.29) is 0 Å². The third-order valence-corrected chi connectivity index (χ3v) is 5.17. The lowest BCUT2D eigenvalue weighted by molar-refractivity contribution is 0.0472. The molecule has 0 bridgehead atoms. The molecule has 0 aromatic heterocycles. The Morgan fingerprint density at radius 2 is 1.72 bits per heavy atom. The van der Waals surface area contributed by atoms with E-state index < -0.39 is 0 Å². The average Bonchev–Trinajstić information content (AvgIpc) is 2.38. The van der Waals surface area contributed by atoms with Crippen LogP contribution in [0, 0.1) is 5.92 Å². The van der Waals surface area contributed by atoms with Gasteiger partial charge in [0, 0.05) is 24.7 Å². The quantitative estimate of drug-likeness (QED) is 0.805. The fourth-order valence-corrected chi connectivity index (χ4v) is 3.51. The lowest BCUT2D eigenvalue weighted by Gasteiger charge is -2.46. The molecule has 0 spiro atoms. The molecular formula is C16H34N2. The highest BCUT2D eigenvalue weighted by atomic mass is 15.2. The molecule has 0 amide bonds. The lowest BCUT2D eigenvalue weighted by atomic mass is 9.86. The maximum Gasteiger partial charge on any atom is 0.0201 e. The largest absolute Gasteiger partial charge is 0.314 e. The van der Waals surface area contributed by atoms with Gasteiger partial charge in [0.25, 0.3) is 0 Å². The molecule has 108 valence electrons. The first-order valence-corrected chi connectivity index (χ1v) is 8.10. The van der Waals surface area contributed by atoms with Crippen molar-refractivity contribution in [3.8, 4) is 0 Å². The Kier molecular flexibility index (Phi) is 6.65. The molecule has 0 aliphatic carbocycles. The maximum atomic E-state index is 3.72. The number of nitrogens with one attached hydrogen (secondary N) is 1. The Labute approximate surface area is 115 Å². The van der Waals surface area contributed by atoms with E-state index in [9.17, 15) is 0 Å². The van der Waals surface area contributed by atoms with Crippen LogP contribution in [-0.4, -0.2) is 36.1 Å². The van der Waals surface area contributed by atoms with Crippen LogP contribution in [0.25, 0.3) is 0 Å². The van der Waals surface area contributed by atoms with Crippen LogP contribution >= 0.6 is 0 Å². The molecule has 2 atom stereocenters. The summed E-state index contributed by atoms with van der Waals surface area (Å²) in [6.45, 7) is 15.5. The zero-order chi connectivity index (χ0) is 13.6. The Morgan fingerprint density at radius 3 is 2.22 bits per heavy atom. The van der Waals surface area contributed by atoms with Gasteiger partial charge in [0.2, 0.25) is 0 Å². The molecule has 18 heavy (non-hydrogen) atoms. The summed E-state index contributed by atoms with van der Waals surface area (Å²) >= 11 is 0. The van der Waals surface area contributed by atoms with E-state index in [1.807, 2.05) is 0 Å². The molecular weight excluding hydrogens is 220 g/mol. The monoisotopic (exact) mass is 254 g/mol. The van der Waals surface area contributed by atoms with Crippen molar-refractivity contribution in [2.45, 2.75) is 78.3 Å². The minimum absolute atomic E-state index is 0.448. The van der Waals surface area contributed by atoms with Crippen LogP contribution in [0.4, 0.5) is 0 Å². The second-order valence-corrected chi connectivity index (χ2v) is 6.14. The SMILES string of the molecule is CCC1CCN(C(CC)(CC)CC)CC(C)CN1. The Morgan fingerprint density at radius 1 is 1.11 bits per heavy atom. The van der Waals surface area contributed by atoms with Gasteiger partial charge in [-0.15, -0.1) is 0 Å². The van der Waals surface area contributed by atoms with E-state index in [2.05, 4.69) is 44.8 Å². The van der Waals surface area contributed by atoms with E-state index in [0.29, 0.717) is 5.54 Å². The van der Waals surface area contributed by atoms with Crippen molar-refractivity contribution in [1.82, 2.24) is 10.2 Å². The molecule has 0 radical (unpaired) electrons. The summed E-state index contributed by atoms with van der Waals surface area (Å²) in [4.78, 5) is 2.81. The standard InChI is InChI=1S/C16H34N2/c1-6-15-10-11-18(13-14(5)12-17-15)16(7-2,8-3)9-4/h14-15,17H,6-13H2,1-5H3. The molecule has 1 aliphatic rings. The summed E-state index contributed by atoms with van der Waals surface area (Å²) in [5.41, 5.74) is 0.448. The van der Waals surface area contributed by atoms with Crippen molar-refractivity contribution in [1.29, 1.82) is 0 Å². The van der Waals surface area contributed by atoms with Gasteiger partial charge in [-0.1, -0.05) is 34.6 Å². The van der Waals surface area contributed by atoms with Gasteiger partial charge in [0.05, 0.1) is 0 Å². The summed E-state index contributed by atoms with van der Waals surface area (Å²) in [6.07, 6.45) is 6.44. The van der Waals surface area contributed by atoms with Gasteiger partial charge in [-0.25, -0.2) is 0 Å². The van der Waals surface area contributed by atoms with Gasteiger partial charge in [-0.3, -0.25) is 4.90 Å². The van der Waals surface area contributed by atoms with Crippen molar-refractivity contribution < 1.29 is 0 Å². The highest BCUT2D eigenvalue weighted by Gasteiger charge is 2.33. The zero-order valence-corrected chi connectivity index (χ0v) is 13.3. The minimum atomic E-state index is 0.448. The summed E-state index contributed by atoms with van der Waals surface area (Å²) in [5, 5.41) is 3.72. The smallest absolute Gasteiger partial charge is 0.0201 e. The van der Waals surface area contributed by atoms with Crippen LogP contribution in [0.2, 0.25) is 0 Å². The summed E-state index contributed by atoms with van der Waals surface area (Å²) < 4.78 is 0. The highest BCUT2D eigenvalue weighted by Crippen LogP contribution is 2.29. The van der Waals surface area contributed by atoms with Crippen LogP contribution in [0.3, 0.4) is 0 Å². The van der Waals surface area contributed by atoms with Crippen LogP contribution in [-0.2, 0) is 0 Å². The molecule has 2 nitrogen and oxygen atoms in total. The molecule has 1 rings (SSSR count).